The van der Waals surface area contributed by atoms with E-state index < -0.39 is 16.1 Å². The molecule has 11 heteroatoms. The molecule has 2 saturated heterocycles. The number of nitrogens with zero attached hydrogens (tertiary/aromatic N) is 4. The number of thioether (sulfide) groups is 1. The van der Waals surface area contributed by atoms with E-state index in [4.69, 9.17) is 4.74 Å². The fraction of sp³-hybridized carbons (Fsp3) is 0.240. The topological polar surface area (TPSA) is 115 Å². The molecule has 2 aliphatic rings. The standard InChI is InChI=1S/C25H22N4O6S/c30-23(26-9-11-35-12-10-26)16-28-24(31)22(36-25(28)32)13-18-15-27(21-4-2-1-3-20(18)21)14-17-5-7-19(8-6-17)29(33)34/h1-8,13,15H,9-12,14,16H2/b22-13-. The highest BCUT2D eigenvalue weighted by Crippen LogP contribution is 2.34. The van der Waals surface area contributed by atoms with Crippen LogP contribution in [-0.4, -0.2) is 69.2 Å². The van der Waals surface area contributed by atoms with Gasteiger partial charge in [-0.2, -0.15) is 0 Å². The van der Waals surface area contributed by atoms with E-state index in [0.29, 0.717) is 32.8 Å². The predicted octanol–water partition coefficient (Wildman–Crippen LogP) is 3.49. The Labute approximate surface area is 210 Å². The van der Waals surface area contributed by atoms with Gasteiger partial charge in [0.05, 0.1) is 23.0 Å². The van der Waals surface area contributed by atoms with Gasteiger partial charge in [0.25, 0.3) is 16.8 Å². The Bertz CT molecular complexity index is 1390. The fourth-order valence-electron chi connectivity index (χ4n) is 4.27. The van der Waals surface area contributed by atoms with Gasteiger partial charge >= 0.3 is 0 Å². The first kappa shape index (κ1) is 23.8. The molecule has 3 aromatic rings. The van der Waals surface area contributed by atoms with E-state index >= 15 is 0 Å². The number of hydrogen-bond acceptors (Lipinski definition) is 7. The summed E-state index contributed by atoms with van der Waals surface area (Å²) in [7, 11) is 0. The predicted molar refractivity (Wildman–Crippen MR) is 134 cm³/mol. The van der Waals surface area contributed by atoms with E-state index in [0.717, 1.165) is 38.7 Å². The van der Waals surface area contributed by atoms with Crippen molar-refractivity contribution in [3.63, 3.8) is 0 Å². The first-order valence-electron chi connectivity index (χ1n) is 11.3. The van der Waals surface area contributed by atoms with Crippen molar-refractivity contribution in [1.82, 2.24) is 14.4 Å². The molecule has 0 N–H and O–H groups in total. The summed E-state index contributed by atoms with van der Waals surface area (Å²) >= 11 is 0.821. The molecule has 184 valence electrons. The third-order valence-electron chi connectivity index (χ3n) is 6.14. The number of carbonyl (C=O) groups is 3. The molecule has 10 nitrogen and oxygen atoms in total. The summed E-state index contributed by atoms with van der Waals surface area (Å²) in [6.07, 6.45) is 3.57. The summed E-state index contributed by atoms with van der Waals surface area (Å²) in [5.41, 5.74) is 2.59. The molecule has 0 atom stereocenters. The zero-order chi connectivity index (χ0) is 25.2. The number of nitro benzene ring substituents is 1. The summed E-state index contributed by atoms with van der Waals surface area (Å²) in [5, 5.41) is 11.4. The smallest absolute Gasteiger partial charge is 0.294 e. The Kier molecular flexibility index (Phi) is 6.57. The number of nitro groups is 1. The third kappa shape index (κ3) is 4.75. The number of imide groups is 1. The van der Waals surface area contributed by atoms with Crippen molar-refractivity contribution in [2.24, 2.45) is 0 Å². The molecule has 0 radical (unpaired) electrons. The number of amides is 3. The van der Waals surface area contributed by atoms with Crippen molar-refractivity contribution in [3.05, 3.63) is 80.9 Å². The first-order chi connectivity index (χ1) is 17.4. The van der Waals surface area contributed by atoms with Gasteiger partial charge in [0.15, 0.2) is 0 Å². The number of rotatable bonds is 6. The summed E-state index contributed by atoms with van der Waals surface area (Å²) in [6, 6.07) is 14.0. The molecule has 0 bridgehead atoms. The molecule has 36 heavy (non-hydrogen) atoms. The minimum Gasteiger partial charge on any atom is -0.378 e. The van der Waals surface area contributed by atoms with Crippen molar-refractivity contribution < 1.29 is 24.0 Å². The maximum atomic E-state index is 13.0. The Morgan fingerprint density at radius 3 is 2.53 bits per heavy atom. The van der Waals surface area contributed by atoms with Crippen LogP contribution in [0.15, 0.2) is 59.6 Å². The Hall–Kier alpha value is -3.96. The monoisotopic (exact) mass is 506 g/mol. The van der Waals surface area contributed by atoms with Gasteiger partial charge in [-0.15, -0.1) is 0 Å². The lowest BCUT2D eigenvalue weighted by molar-refractivity contribution is -0.384. The van der Waals surface area contributed by atoms with Gasteiger partial charge < -0.3 is 14.2 Å². The minimum absolute atomic E-state index is 0.0274. The summed E-state index contributed by atoms with van der Waals surface area (Å²) in [6.45, 7) is 1.96. The van der Waals surface area contributed by atoms with Gasteiger partial charge in [-0.3, -0.25) is 29.4 Å². The van der Waals surface area contributed by atoms with E-state index in [1.165, 1.54) is 12.1 Å². The summed E-state index contributed by atoms with van der Waals surface area (Å²) < 4.78 is 7.25. The van der Waals surface area contributed by atoms with Crippen LogP contribution in [0.5, 0.6) is 0 Å². The van der Waals surface area contributed by atoms with Crippen LogP contribution in [0.4, 0.5) is 10.5 Å². The largest absolute Gasteiger partial charge is 0.378 e. The molecule has 0 saturated carbocycles. The van der Waals surface area contributed by atoms with Gasteiger partial charge in [-0.25, -0.2) is 0 Å². The van der Waals surface area contributed by atoms with E-state index in [2.05, 4.69) is 0 Å². The number of morpholine rings is 1. The number of ether oxygens (including phenoxy) is 1. The van der Waals surface area contributed by atoms with Crippen molar-refractivity contribution in [1.29, 1.82) is 0 Å². The molecule has 3 heterocycles. The maximum Gasteiger partial charge on any atom is 0.294 e. The van der Waals surface area contributed by atoms with Crippen LogP contribution in [0.25, 0.3) is 17.0 Å². The highest BCUT2D eigenvalue weighted by Gasteiger charge is 2.37. The van der Waals surface area contributed by atoms with Crippen LogP contribution in [0.2, 0.25) is 0 Å². The van der Waals surface area contributed by atoms with E-state index in [1.807, 2.05) is 35.0 Å². The lowest BCUT2D eigenvalue weighted by Crippen LogP contribution is -2.46. The zero-order valence-electron chi connectivity index (χ0n) is 19.2. The highest BCUT2D eigenvalue weighted by molar-refractivity contribution is 8.18. The molecule has 2 aromatic carbocycles. The minimum atomic E-state index is -0.487. The molecule has 2 aliphatic heterocycles. The molecule has 5 rings (SSSR count). The zero-order valence-corrected chi connectivity index (χ0v) is 20.0. The summed E-state index contributed by atoms with van der Waals surface area (Å²) in [4.78, 5) is 51.5. The second-order valence-electron chi connectivity index (χ2n) is 8.41. The SMILES string of the molecule is O=C(CN1C(=O)S/C(=C\c2cn(Cc3ccc([N+](=O)[O-])cc3)c3ccccc23)C1=O)N1CCOCC1. The molecule has 0 unspecified atom stereocenters. The van der Waals surface area contributed by atoms with Gasteiger partial charge in [-0.05, 0) is 29.5 Å². The van der Waals surface area contributed by atoms with Crippen molar-refractivity contribution in [2.45, 2.75) is 6.54 Å². The maximum absolute atomic E-state index is 13.0. The number of aromatic nitrogens is 1. The van der Waals surface area contributed by atoms with Crippen LogP contribution in [-0.2, 0) is 20.9 Å². The number of non-ortho nitro benzene ring substituents is 1. The van der Waals surface area contributed by atoms with Gasteiger partial charge in [-0.1, -0.05) is 30.3 Å². The third-order valence-corrected chi connectivity index (χ3v) is 7.04. The number of benzene rings is 2. The van der Waals surface area contributed by atoms with Crippen molar-refractivity contribution in [3.8, 4) is 0 Å². The fourth-order valence-corrected chi connectivity index (χ4v) is 5.10. The van der Waals surface area contributed by atoms with E-state index in [-0.39, 0.29) is 23.0 Å². The van der Waals surface area contributed by atoms with E-state index in [9.17, 15) is 24.5 Å². The number of hydrogen-bond donors (Lipinski definition) is 0. The average Bonchev–Trinajstić information content (AvgIpc) is 3.36. The van der Waals surface area contributed by atoms with Gasteiger partial charge in [0, 0.05) is 54.4 Å². The van der Waals surface area contributed by atoms with Crippen LogP contribution in [0.3, 0.4) is 0 Å². The summed E-state index contributed by atoms with van der Waals surface area (Å²) in [5.74, 6) is -0.764. The Morgan fingerprint density at radius 2 is 1.81 bits per heavy atom. The first-order valence-corrected chi connectivity index (χ1v) is 12.1. The second kappa shape index (κ2) is 9.96. The molecular weight excluding hydrogens is 484 g/mol. The average molecular weight is 507 g/mol. The van der Waals surface area contributed by atoms with Crippen LogP contribution < -0.4 is 0 Å². The van der Waals surface area contributed by atoms with Crippen molar-refractivity contribution in [2.75, 3.05) is 32.8 Å². The quantitative estimate of drug-likeness (QED) is 0.286. The number of carbonyl (C=O) groups excluding carboxylic acids is 3. The molecule has 1 aromatic heterocycles. The normalized spacial score (nSPS) is 17.4. The van der Waals surface area contributed by atoms with Crippen LogP contribution >= 0.6 is 11.8 Å². The number of fused-ring (bicyclic) bond motifs is 1. The highest BCUT2D eigenvalue weighted by atomic mass is 32.2. The van der Waals surface area contributed by atoms with Crippen LogP contribution in [0, 0.1) is 10.1 Å². The molecule has 0 spiro atoms. The Balaban J connectivity index is 1.38. The van der Waals surface area contributed by atoms with Crippen LogP contribution in [0.1, 0.15) is 11.1 Å². The molecule has 3 amide bonds. The molecule has 0 aliphatic carbocycles. The molecule has 2 fully saturated rings. The lowest BCUT2D eigenvalue weighted by Gasteiger charge is -2.28. The Morgan fingerprint density at radius 1 is 1.08 bits per heavy atom. The van der Waals surface area contributed by atoms with Gasteiger partial charge in [0.1, 0.15) is 6.54 Å². The van der Waals surface area contributed by atoms with Crippen molar-refractivity contribution >= 4 is 51.5 Å². The lowest BCUT2D eigenvalue weighted by atomic mass is 10.1. The van der Waals surface area contributed by atoms with Gasteiger partial charge in [0.2, 0.25) is 5.91 Å². The molecular formula is C25H22N4O6S. The second-order valence-corrected chi connectivity index (χ2v) is 9.41. The number of para-hydroxylation sites is 1. The van der Waals surface area contributed by atoms with E-state index in [1.54, 1.807) is 23.1 Å².